The van der Waals surface area contributed by atoms with Crippen LogP contribution in [0.3, 0.4) is 0 Å². The summed E-state index contributed by atoms with van der Waals surface area (Å²) < 4.78 is 73.8. The number of sulfonamides is 1. The maximum absolute atomic E-state index is 13.1. The van der Waals surface area contributed by atoms with E-state index in [1.807, 2.05) is 0 Å². The normalized spacial score (nSPS) is 16.3. The number of halogens is 5. The van der Waals surface area contributed by atoms with Crippen molar-refractivity contribution < 1.29 is 36.2 Å². The molecule has 1 heterocycles. The molecular weight excluding hydrogens is 618 g/mol. The lowest BCUT2D eigenvalue weighted by Crippen LogP contribution is -2.49. The number of ether oxygens (including phenoxy) is 1. The van der Waals surface area contributed by atoms with Crippen LogP contribution in [0.25, 0.3) is 5.69 Å². The molecule has 12 nitrogen and oxygen atoms in total. The predicted octanol–water partition coefficient (Wildman–Crippen LogP) is 2.83. The van der Waals surface area contributed by atoms with Gasteiger partial charge in [-0.15, -0.1) is 0 Å². The summed E-state index contributed by atoms with van der Waals surface area (Å²) in [5.74, 6) is -1.55. The molecule has 0 spiro atoms. The Kier molecular flexibility index (Phi) is 7.08. The van der Waals surface area contributed by atoms with Crippen molar-refractivity contribution in [3.05, 3.63) is 66.9 Å². The van der Waals surface area contributed by atoms with Crippen molar-refractivity contribution in [2.45, 2.75) is 48.3 Å². The Hall–Kier alpha value is -3.60. The first-order chi connectivity index (χ1) is 19.1. The fourth-order valence-electron chi connectivity index (χ4n) is 3.78. The number of carbonyl (C=O) groups is 1. The zero-order chi connectivity index (χ0) is 29.9. The van der Waals surface area contributed by atoms with Crippen LogP contribution >= 0.6 is 23.2 Å². The Labute approximate surface area is 238 Å². The van der Waals surface area contributed by atoms with Crippen molar-refractivity contribution in [3.63, 3.8) is 0 Å². The maximum atomic E-state index is 13.1. The van der Waals surface area contributed by atoms with Gasteiger partial charge in [0, 0.05) is 12.1 Å². The number of aromatic nitrogens is 3. The third-order valence-corrected chi connectivity index (χ3v) is 8.32. The molecule has 18 heteroatoms. The number of phenolic OH excluding ortho intramolecular Hbond substituents is 1. The van der Waals surface area contributed by atoms with E-state index in [0.29, 0.717) is 0 Å². The third kappa shape index (κ3) is 5.91. The minimum absolute atomic E-state index is 0.0146. The molecule has 1 amide bonds. The summed E-state index contributed by atoms with van der Waals surface area (Å²) in [6.07, 6.45) is -2.99. The summed E-state index contributed by atoms with van der Waals surface area (Å²) in [5, 5.41) is 15.4. The second-order valence-corrected chi connectivity index (χ2v) is 11.9. The number of rotatable bonds is 8. The van der Waals surface area contributed by atoms with Gasteiger partial charge >= 0.3 is 11.9 Å². The van der Waals surface area contributed by atoms with E-state index in [0.717, 1.165) is 37.1 Å². The number of aromatic hydroxyl groups is 1. The third-order valence-electron chi connectivity index (χ3n) is 6.19. The summed E-state index contributed by atoms with van der Waals surface area (Å²) in [6, 6.07) is 5.13. The topological polar surface area (TPSA) is 172 Å². The molecule has 0 aliphatic heterocycles. The van der Waals surface area contributed by atoms with Gasteiger partial charge in [0.1, 0.15) is 21.9 Å². The molecule has 0 bridgehead atoms. The molecule has 0 radical (unpaired) electrons. The van der Waals surface area contributed by atoms with E-state index in [2.05, 4.69) is 15.1 Å². The van der Waals surface area contributed by atoms with Crippen LogP contribution in [0.4, 0.5) is 13.2 Å². The summed E-state index contributed by atoms with van der Waals surface area (Å²) in [4.78, 5) is 37.1. The van der Waals surface area contributed by atoms with Gasteiger partial charge in [-0.2, -0.15) is 27.7 Å². The second-order valence-electron chi connectivity index (χ2n) is 9.42. The number of alkyl halides is 3. The summed E-state index contributed by atoms with van der Waals surface area (Å²) >= 11 is 12.4. The molecule has 0 saturated heterocycles. The van der Waals surface area contributed by atoms with Gasteiger partial charge < -0.3 is 15.2 Å². The van der Waals surface area contributed by atoms with Crippen molar-refractivity contribution in [1.82, 2.24) is 24.8 Å². The van der Waals surface area contributed by atoms with Crippen LogP contribution < -0.4 is 26.0 Å². The van der Waals surface area contributed by atoms with E-state index in [1.165, 1.54) is 11.1 Å². The highest BCUT2D eigenvalue weighted by Crippen LogP contribution is 2.41. The highest BCUT2D eigenvalue weighted by Gasteiger charge is 2.54. The van der Waals surface area contributed by atoms with E-state index >= 15 is 0 Å². The Morgan fingerprint density at radius 2 is 1.78 bits per heavy atom. The average Bonchev–Trinajstić information content (AvgIpc) is 3.79. The maximum Gasteiger partial charge on any atom is 0.440 e. The number of hydrogen-bond donors (Lipinski definition) is 4. The first-order valence-corrected chi connectivity index (χ1v) is 14.0. The van der Waals surface area contributed by atoms with Gasteiger partial charge in [-0.1, -0.05) is 23.2 Å². The Morgan fingerprint density at radius 1 is 1.15 bits per heavy atom. The number of nitrogens with zero attached hydrogens (tertiary/aromatic N) is 2. The SMILES string of the molecule is O=C(NC1CC1)C1(NS(=O)(=O)c2cc(Oc3c(Cl)cc(-n4nc(C(F)(F)F)c(=O)[nH]c4=O)cc3Cl)ccc2O)CC1. The number of phenols is 1. The molecule has 41 heavy (non-hydrogen) atoms. The lowest BCUT2D eigenvalue weighted by atomic mass is 10.3. The van der Waals surface area contributed by atoms with Gasteiger partial charge in [-0.3, -0.25) is 14.6 Å². The number of carbonyl (C=O) groups excluding carboxylic acids is 1. The lowest BCUT2D eigenvalue weighted by Gasteiger charge is -2.18. The van der Waals surface area contributed by atoms with E-state index in [9.17, 15) is 41.1 Å². The van der Waals surface area contributed by atoms with Crippen LogP contribution in [0.5, 0.6) is 17.2 Å². The Balaban J connectivity index is 1.43. The summed E-state index contributed by atoms with van der Waals surface area (Å²) in [6.45, 7) is 0. The standard InChI is InChI=1S/C23H18Cl2F3N5O7S/c24-13-7-11(33-21(37)30-19(35)18(31-33)23(26,27)28)8-14(25)17(13)40-12-3-4-15(34)16(9-12)41(38,39)32-22(5-6-22)20(36)29-10-1-2-10/h3-4,7-10,32,34H,1-2,5-6H2,(H,29,36)(H,30,35,37). The van der Waals surface area contributed by atoms with Gasteiger partial charge in [-0.05, 0) is 49.9 Å². The molecule has 2 saturated carbocycles. The van der Waals surface area contributed by atoms with Crippen molar-refractivity contribution in [2.24, 2.45) is 0 Å². The molecule has 2 aliphatic carbocycles. The fraction of sp³-hybridized carbons (Fsp3) is 0.304. The molecular formula is C23H18Cl2F3N5O7S. The summed E-state index contributed by atoms with van der Waals surface area (Å²) in [7, 11) is -4.42. The van der Waals surface area contributed by atoms with E-state index in [1.54, 1.807) is 0 Å². The highest BCUT2D eigenvalue weighted by molar-refractivity contribution is 7.89. The quantitative estimate of drug-likeness (QED) is 0.292. The first kappa shape index (κ1) is 28.9. The number of aromatic amines is 1. The number of hydrogen-bond acceptors (Lipinski definition) is 8. The zero-order valence-corrected chi connectivity index (χ0v) is 22.7. The van der Waals surface area contributed by atoms with E-state index < -0.39 is 55.2 Å². The average molecular weight is 636 g/mol. The molecule has 2 aliphatic rings. The zero-order valence-electron chi connectivity index (χ0n) is 20.4. The molecule has 0 atom stereocenters. The minimum atomic E-state index is -5.16. The first-order valence-electron chi connectivity index (χ1n) is 11.8. The van der Waals surface area contributed by atoms with E-state index in [-0.39, 0.29) is 50.8 Å². The molecule has 5 rings (SSSR count). The second kappa shape index (κ2) is 10.0. The van der Waals surface area contributed by atoms with Crippen LogP contribution in [-0.4, -0.2) is 45.8 Å². The van der Waals surface area contributed by atoms with Crippen LogP contribution in [0.2, 0.25) is 10.0 Å². The Bertz CT molecular complexity index is 1780. The van der Waals surface area contributed by atoms with Gasteiger partial charge in [0.15, 0.2) is 5.75 Å². The monoisotopic (exact) mass is 635 g/mol. The molecule has 0 unspecified atom stereocenters. The van der Waals surface area contributed by atoms with Crippen molar-refractivity contribution >= 4 is 39.1 Å². The van der Waals surface area contributed by atoms with E-state index in [4.69, 9.17) is 27.9 Å². The van der Waals surface area contributed by atoms with Gasteiger partial charge in [0.2, 0.25) is 21.6 Å². The minimum Gasteiger partial charge on any atom is -0.507 e. The molecule has 2 aromatic carbocycles. The lowest BCUT2D eigenvalue weighted by molar-refractivity contribution is -0.143. The van der Waals surface area contributed by atoms with Crippen molar-refractivity contribution in [2.75, 3.05) is 0 Å². The van der Waals surface area contributed by atoms with Crippen molar-refractivity contribution in [3.8, 4) is 22.9 Å². The number of amides is 1. The van der Waals surface area contributed by atoms with Crippen LogP contribution in [-0.2, 0) is 21.0 Å². The van der Waals surface area contributed by atoms with Crippen molar-refractivity contribution in [1.29, 1.82) is 0 Å². The van der Waals surface area contributed by atoms with Gasteiger partial charge in [0.25, 0.3) is 5.56 Å². The number of H-pyrrole nitrogens is 1. The number of nitrogens with one attached hydrogen (secondary N) is 3. The van der Waals surface area contributed by atoms with Crippen LogP contribution in [0.15, 0.2) is 44.8 Å². The summed E-state index contributed by atoms with van der Waals surface area (Å²) in [5.41, 5.74) is -6.60. The highest BCUT2D eigenvalue weighted by atomic mass is 35.5. The molecule has 218 valence electrons. The largest absolute Gasteiger partial charge is 0.507 e. The van der Waals surface area contributed by atoms with Gasteiger partial charge in [-0.25, -0.2) is 13.2 Å². The molecule has 2 fully saturated rings. The molecule has 3 aromatic rings. The van der Waals surface area contributed by atoms with Crippen LogP contribution in [0, 0.1) is 0 Å². The van der Waals surface area contributed by atoms with Gasteiger partial charge in [0.05, 0.1) is 15.7 Å². The number of benzene rings is 2. The molecule has 4 N–H and O–H groups in total. The smallest absolute Gasteiger partial charge is 0.440 e. The predicted molar refractivity (Wildman–Crippen MR) is 137 cm³/mol. The van der Waals surface area contributed by atoms with Crippen LogP contribution in [0.1, 0.15) is 31.4 Å². The molecule has 1 aromatic heterocycles. The Morgan fingerprint density at radius 3 is 2.34 bits per heavy atom. The fourth-order valence-corrected chi connectivity index (χ4v) is 5.87.